The molecular weight excluding hydrogens is 297 g/mol. The largest absolute Gasteiger partial charge is 0.351 e. The lowest BCUT2D eigenvalue weighted by molar-refractivity contribution is 0.0987. The summed E-state index contributed by atoms with van der Waals surface area (Å²) in [6.45, 7) is 3.11. The van der Waals surface area contributed by atoms with Gasteiger partial charge in [0.05, 0.1) is 11.4 Å². The number of fused-ring (bicyclic) bond motifs is 1. The van der Waals surface area contributed by atoms with Crippen molar-refractivity contribution in [2.45, 2.75) is 19.9 Å². The van der Waals surface area contributed by atoms with E-state index in [-0.39, 0.29) is 29.7 Å². The number of benzene rings is 1. The van der Waals surface area contributed by atoms with Gasteiger partial charge in [-0.15, -0.1) is 12.4 Å². The van der Waals surface area contributed by atoms with Gasteiger partial charge in [-0.3, -0.25) is 4.79 Å². The van der Waals surface area contributed by atoms with Crippen molar-refractivity contribution in [1.82, 2.24) is 10.5 Å². The molecule has 2 aromatic rings. The molecule has 112 valence electrons. The van der Waals surface area contributed by atoms with E-state index in [9.17, 15) is 9.18 Å². The van der Waals surface area contributed by atoms with Crippen molar-refractivity contribution in [2.24, 2.45) is 0 Å². The lowest BCUT2D eigenvalue weighted by Gasteiger charge is -2.19. The molecule has 1 aliphatic rings. The molecule has 3 rings (SSSR count). The molecule has 0 saturated heterocycles. The summed E-state index contributed by atoms with van der Waals surface area (Å²) in [5, 5.41) is 9.34. The molecule has 1 amide bonds. The van der Waals surface area contributed by atoms with Crippen molar-refractivity contribution in [2.75, 3.05) is 11.9 Å². The van der Waals surface area contributed by atoms with E-state index in [1.54, 1.807) is 13.0 Å². The number of rotatable bonds is 2. The number of carbonyl (C=O) groups excluding carboxylic acids is 1. The zero-order chi connectivity index (χ0) is 14.1. The zero-order valence-electron chi connectivity index (χ0n) is 11.4. The lowest BCUT2D eigenvalue weighted by atomic mass is 9.99. The molecule has 0 fully saturated rings. The maximum Gasteiger partial charge on any atom is 0.294 e. The molecule has 2 N–H and O–H groups in total. The Morgan fingerprint density at radius 1 is 1.48 bits per heavy atom. The minimum absolute atomic E-state index is 0. The minimum atomic E-state index is -0.501. The molecule has 0 aliphatic carbocycles. The van der Waals surface area contributed by atoms with Gasteiger partial charge >= 0.3 is 0 Å². The van der Waals surface area contributed by atoms with E-state index in [4.69, 9.17) is 4.52 Å². The Kier molecular flexibility index (Phi) is 4.59. The molecule has 1 aliphatic heterocycles. The summed E-state index contributed by atoms with van der Waals surface area (Å²) >= 11 is 0. The van der Waals surface area contributed by atoms with Crippen LogP contribution in [-0.4, -0.2) is 17.6 Å². The number of nitrogens with zero attached hydrogens (tertiary/aromatic N) is 1. The van der Waals surface area contributed by atoms with Crippen LogP contribution < -0.4 is 10.6 Å². The van der Waals surface area contributed by atoms with Gasteiger partial charge in [0.1, 0.15) is 5.82 Å². The van der Waals surface area contributed by atoms with E-state index in [1.807, 2.05) is 6.07 Å². The molecule has 0 bridgehead atoms. The van der Waals surface area contributed by atoms with Crippen LogP contribution in [0.3, 0.4) is 0 Å². The minimum Gasteiger partial charge on any atom is -0.351 e. The summed E-state index contributed by atoms with van der Waals surface area (Å²) < 4.78 is 19.2. The Labute approximate surface area is 127 Å². The van der Waals surface area contributed by atoms with Crippen LogP contribution in [0, 0.1) is 12.7 Å². The summed E-state index contributed by atoms with van der Waals surface area (Å²) in [6.07, 6.45) is 0.617. The summed E-state index contributed by atoms with van der Waals surface area (Å²) in [5.74, 6) is -0.798. The van der Waals surface area contributed by atoms with E-state index < -0.39 is 5.91 Å². The topological polar surface area (TPSA) is 67.2 Å². The number of carbonyl (C=O) groups is 1. The second kappa shape index (κ2) is 6.24. The number of halogens is 2. The van der Waals surface area contributed by atoms with E-state index in [0.29, 0.717) is 24.2 Å². The normalized spacial score (nSPS) is 13.2. The first-order valence-corrected chi connectivity index (χ1v) is 6.41. The number of amides is 1. The quantitative estimate of drug-likeness (QED) is 0.894. The molecule has 1 aromatic carbocycles. The maximum absolute atomic E-state index is 14.3. The molecule has 0 saturated carbocycles. The third-order valence-electron chi connectivity index (χ3n) is 3.31. The van der Waals surface area contributed by atoms with Gasteiger partial charge < -0.3 is 15.2 Å². The third-order valence-corrected chi connectivity index (χ3v) is 3.31. The average Bonchev–Trinajstić information content (AvgIpc) is 2.89. The SMILES string of the molecule is Cc1cc(C(=O)Nc2ccc3c(c2F)CCNC3)on1.Cl. The van der Waals surface area contributed by atoms with Gasteiger partial charge in [0.2, 0.25) is 5.76 Å². The predicted octanol–water partition coefficient (Wildman–Crippen LogP) is 2.44. The van der Waals surface area contributed by atoms with Crippen LogP contribution in [0.5, 0.6) is 0 Å². The van der Waals surface area contributed by atoms with Crippen LogP contribution >= 0.6 is 12.4 Å². The van der Waals surface area contributed by atoms with Gasteiger partial charge in [-0.2, -0.15) is 0 Å². The van der Waals surface area contributed by atoms with Gasteiger partial charge in [-0.05, 0) is 37.1 Å². The van der Waals surface area contributed by atoms with Crippen LogP contribution in [0.25, 0.3) is 0 Å². The number of hydrogen-bond acceptors (Lipinski definition) is 4. The first-order chi connectivity index (χ1) is 9.65. The van der Waals surface area contributed by atoms with Crippen molar-refractivity contribution < 1.29 is 13.7 Å². The second-order valence-electron chi connectivity index (χ2n) is 4.78. The number of aromatic nitrogens is 1. The van der Waals surface area contributed by atoms with Crippen molar-refractivity contribution >= 4 is 24.0 Å². The molecule has 7 heteroatoms. The second-order valence-corrected chi connectivity index (χ2v) is 4.78. The van der Waals surface area contributed by atoms with Crippen LogP contribution in [0.2, 0.25) is 0 Å². The first kappa shape index (κ1) is 15.5. The van der Waals surface area contributed by atoms with E-state index in [2.05, 4.69) is 15.8 Å². The summed E-state index contributed by atoms with van der Waals surface area (Å²) in [4.78, 5) is 11.9. The Bertz CT molecular complexity index is 672. The fourth-order valence-electron chi connectivity index (χ4n) is 2.28. The number of aryl methyl sites for hydroxylation is 1. The Hall–Kier alpha value is -1.92. The standard InChI is InChI=1S/C14H14FN3O2.ClH/c1-8-6-12(20-18-8)14(19)17-11-3-2-9-7-16-5-4-10(9)13(11)15;/h2-3,6,16H,4-5,7H2,1H3,(H,17,19);1H. The van der Waals surface area contributed by atoms with Crippen LogP contribution in [0.15, 0.2) is 22.7 Å². The molecule has 0 spiro atoms. The summed E-state index contributed by atoms with van der Waals surface area (Å²) in [6, 6.07) is 4.91. The number of hydrogen-bond donors (Lipinski definition) is 2. The fourth-order valence-corrected chi connectivity index (χ4v) is 2.28. The van der Waals surface area contributed by atoms with E-state index >= 15 is 0 Å². The number of anilines is 1. The van der Waals surface area contributed by atoms with Gasteiger partial charge in [-0.1, -0.05) is 11.2 Å². The third kappa shape index (κ3) is 3.06. The molecule has 0 unspecified atom stereocenters. The maximum atomic E-state index is 14.3. The van der Waals surface area contributed by atoms with Gasteiger partial charge in [0, 0.05) is 12.6 Å². The Balaban J connectivity index is 0.00000161. The zero-order valence-corrected chi connectivity index (χ0v) is 12.2. The smallest absolute Gasteiger partial charge is 0.294 e. The van der Waals surface area contributed by atoms with Crippen molar-refractivity contribution in [1.29, 1.82) is 0 Å². The van der Waals surface area contributed by atoms with Crippen molar-refractivity contribution in [3.8, 4) is 0 Å². The molecule has 5 nitrogen and oxygen atoms in total. The molecule has 1 aromatic heterocycles. The monoisotopic (exact) mass is 311 g/mol. The summed E-state index contributed by atoms with van der Waals surface area (Å²) in [7, 11) is 0. The Morgan fingerprint density at radius 3 is 3.00 bits per heavy atom. The molecule has 2 heterocycles. The van der Waals surface area contributed by atoms with Crippen molar-refractivity contribution in [3.63, 3.8) is 0 Å². The van der Waals surface area contributed by atoms with Crippen molar-refractivity contribution in [3.05, 3.63) is 46.6 Å². The highest BCUT2D eigenvalue weighted by Gasteiger charge is 2.19. The van der Waals surface area contributed by atoms with Crippen LogP contribution in [0.4, 0.5) is 10.1 Å². The van der Waals surface area contributed by atoms with Gasteiger partial charge in [0.25, 0.3) is 5.91 Å². The number of nitrogens with one attached hydrogen (secondary N) is 2. The molecule has 21 heavy (non-hydrogen) atoms. The highest BCUT2D eigenvalue weighted by atomic mass is 35.5. The first-order valence-electron chi connectivity index (χ1n) is 6.41. The average molecular weight is 312 g/mol. The molecular formula is C14H15ClFN3O2. The fraction of sp³-hybridized carbons (Fsp3) is 0.286. The van der Waals surface area contributed by atoms with Crippen LogP contribution in [-0.2, 0) is 13.0 Å². The molecule has 0 radical (unpaired) electrons. The lowest BCUT2D eigenvalue weighted by Crippen LogP contribution is -2.25. The predicted molar refractivity (Wildman–Crippen MR) is 78.3 cm³/mol. The highest BCUT2D eigenvalue weighted by molar-refractivity contribution is 6.02. The van der Waals surface area contributed by atoms with Gasteiger partial charge in [0.15, 0.2) is 0 Å². The van der Waals surface area contributed by atoms with Gasteiger partial charge in [-0.25, -0.2) is 4.39 Å². The molecule has 0 atom stereocenters. The van der Waals surface area contributed by atoms with E-state index in [0.717, 1.165) is 12.1 Å². The van der Waals surface area contributed by atoms with Crippen LogP contribution in [0.1, 0.15) is 27.4 Å². The Morgan fingerprint density at radius 2 is 2.29 bits per heavy atom. The van der Waals surface area contributed by atoms with E-state index in [1.165, 1.54) is 6.07 Å². The summed E-state index contributed by atoms with van der Waals surface area (Å²) in [5.41, 5.74) is 2.37. The highest BCUT2D eigenvalue weighted by Crippen LogP contribution is 2.25.